The Balaban J connectivity index is 1.19. The topological polar surface area (TPSA) is 105 Å². The van der Waals surface area contributed by atoms with Crippen molar-refractivity contribution in [3.05, 3.63) is 92.1 Å². The van der Waals surface area contributed by atoms with Crippen LogP contribution in [0.2, 0.25) is 0 Å². The number of halogens is 3. The summed E-state index contributed by atoms with van der Waals surface area (Å²) in [4.78, 5) is 42.5. The maximum absolute atomic E-state index is 13.7. The van der Waals surface area contributed by atoms with E-state index >= 15 is 0 Å². The van der Waals surface area contributed by atoms with Gasteiger partial charge >= 0.3 is 0 Å². The van der Waals surface area contributed by atoms with E-state index < -0.39 is 16.6 Å². The van der Waals surface area contributed by atoms with Crippen molar-refractivity contribution in [1.82, 2.24) is 15.2 Å². The van der Waals surface area contributed by atoms with Crippen molar-refractivity contribution in [3.8, 4) is 11.3 Å². The summed E-state index contributed by atoms with van der Waals surface area (Å²) >= 11 is 3.13. The van der Waals surface area contributed by atoms with Gasteiger partial charge in [-0.15, -0.1) is 0 Å². The highest BCUT2D eigenvalue weighted by Gasteiger charge is 2.47. The fourth-order valence-corrected chi connectivity index (χ4v) is 5.73. The molecule has 1 spiro atoms. The molecule has 1 saturated heterocycles. The first-order valence-electron chi connectivity index (χ1n) is 12.1. The van der Waals surface area contributed by atoms with Crippen molar-refractivity contribution in [1.29, 1.82) is 0 Å². The number of nitrogens with one attached hydrogen (secondary N) is 1. The molecule has 0 unspecified atom stereocenters. The van der Waals surface area contributed by atoms with Crippen LogP contribution in [0.4, 0.5) is 14.5 Å². The van der Waals surface area contributed by atoms with Gasteiger partial charge in [0, 0.05) is 54.0 Å². The molecule has 38 heavy (non-hydrogen) atoms. The number of carbonyl (C=O) groups is 2. The number of nitrogens with zero attached hydrogens (tertiary/aromatic N) is 3. The van der Waals surface area contributed by atoms with Gasteiger partial charge in [0.05, 0.1) is 20.7 Å². The molecule has 2 amide bonds. The number of carbonyl (C=O) groups excluding carboxylic acids is 2. The molecule has 0 bridgehead atoms. The van der Waals surface area contributed by atoms with Gasteiger partial charge in [0.1, 0.15) is 11.6 Å². The molecule has 196 valence electrons. The van der Waals surface area contributed by atoms with Crippen LogP contribution in [0, 0.1) is 27.2 Å². The molecule has 2 aliphatic rings. The Labute approximate surface area is 225 Å². The van der Waals surface area contributed by atoms with Crippen LogP contribution in [0.5, 0.6) is 0 Å². The van der Waals surface area contributed by atoms with E-state index in [0.717, 1.165) is 43.9 Å². The third-order valence-electron chi connectivity index (χ3n) is 7.30. The van der Waals surface area contributed by atoms with Crippen molar-refractivity contribution in [2.24, 2.45) is 5.41 Å². The average molecular weight is 585 g/mol. The van der Waals surface area contributed by atoms with E-state index in [0.29, 0.717) is 17.6 Å². The van der Waals surface area contributed by atoms with Crippen molar-refractivity contribution in [2.75, 3.05) is 13.1 Å². The van der Waals surface area contributed by atoms with Crippen LogP contribution in [0.1, 0.15) is 46.4 Å². The minimum Gasteiger partial charge on any atom is -0.349 e. The summed E-state index contributed by atoms with van der Waals surface area (Å²) in [6.45, 7) is 1.13. The zero-order chi connectivity index (χ0) is 27.0. The van der Waals surface area contributed by atoms with Crippen molar-refractivity contribution in [2.45, 2.75) is 31.7 Å². The maximum Gasteiger partial charge on any atom is 0.284 e. The smallest absolute Gasteiger partial charge is 0.284 e. The number of aromatic nitrogens is 1. The molecule has 1 N–H and O–H groups in total. The highest BCUT2D eigenvalue weighted by Crippen LogP contribution is 2.44. The van der Waals surface area contributed by atoms with Gasteiger partial charge in [0.15, 0.2) is 0 Å². The number of benzene rings is 2. The largest absolute Gasteiger partial charge is 0.349 e. The lowest BCUT2D eigenvalue weighted by Crippen LogP contribution is -2.60. The van der Waals surface area contributed by atoms with Crippen LogP contribution in [0.15, 0.2) is 59.2 Å². The summed E-state index contributed by atoms with van der Waals surface area (Å²) in [6, 6.07) is 10.5. The quantitative estimate of drug-likeness (QED) is 0.314. The molecule has 1 aliphatic carbocycles. The Kier molecular flexibility index (Phi) is 6.95. The number of hydrogen-bond donors (Lipinski definition) is 1. The molecule has 1 aromatic heterocycles. The zero-order valence-corrected chi connectivity index (χ0v) is 21.7. The van der Waals surface area contributed by atoms with Gasteiger partial charge in [-0.1, -0.05) is 0 Å². The molecule has 2 heterocycles. The van der Waals surface area contributed by atoms with Gasteiger partial charge in [-0.2, -0.15) is 0 Å². The molecule has 2 fully saturated rings. The molecule has 0 radical (unpaired) electrons. The predicted molar refractivity (Wildman–Crippen MR) is 138 cm³/mol. The summed E-state index contributed by atoms with van der Waals surface area (Å²) in [5, 5.41) is 14.2. The van der Waals surface area contributed by atoms with Gasteiger partial charge in [-0.3, -0.25) is 24.7 Å². The number of hydrogen-bond acceptors (Lipinski definition) is 5. The van der Waals surface area contributed by atoms with Crippen LogP contribution in [0.25, 0.3) is 11.3 Å². The number of likely N-dealkylation sites (tertiary alicyclic amines) is 1. The first kappa shape index (κ1) is 25.9. The molecule has 3 aromatic rings. The lowest BCUT2D eigenvalue weighted by atomic mass is 9.67. The summed E-state index contributed by atoms with van der Waals surface area (Å²) in [7, 11) is 0. The molecule has 8 nitrogen and oxygen atoms in total. The zero-order valence-electron chi connectivity index (χ0n) is 20.1. The first-order chi connectivity index (χ1) is 18.1. The fourth-order valence-electron chi connectivity index (χ4n) is 5.34. The predicted octanol–water partition coefficient (Wildman–Crippen LogP) is 5.51. The summed E-state index contributed by atoms with van der Waals surface area (Å²) in [5.41, 5.74) is 0.726. The number of pyridine rings is 1. The molecule has 0 atom stereocenters. The van der Waals surface area contributed by atoms with Crippen LogP contribution < -0.4 is 5.32 Å². The van der Waals surface area contributed by atoms with Crippen LogP contribution in [0.3, 0.4) is 0 Å². The second-order valence-electron chi connectivity index (χ2n) is 9.89. The number of nitro groups is 1. The second-order valence-corrected chi connectivity index (χ2v) is 10.7. The monoisotopic (exact) mass is 584 g/mol. The third-order valence-corrected chi connectivity index (χ3v) is 7.97. The van der Waals surface area contributed by atoms with E-state index in [1.54, 1.807) is 23.1 Å². The fraction of sp³-hybridized carbons (Fsp3) is 0.296. The minimum absolute atomic E-state index is 0.0310. The molecule has 1 aliphatic heterocycles. The molecule has 2 aromatic carbocycles. The highest BCUT2D eigenvalue weighted by molar-refractivity contribution is 9.10. The average Bonchev–Trinajstić information content (AvgIpc) is 2.87. The lowest BCUT2D eigenvalue weighted by molar-refractivity contribution is -0.385. The Morgan fingerprint density at radius 2 is 1.76 bits per heavy atom. The van der Waals surface area contributed by atoms with Crippen LogP contribution in [-0.4, -0.2) is 45.8 Å². The second kappa shape index (κ2) is 10.2. The van der Waals surface area contributed by atoms with Crippen molar-refractivity contribution < 1.29 is 23.3 Å². The number of nitro benzene ring substituents is 1. The summed E-state index contributed by atoms with van der Waals surface area (Å²) < 4.78 is 27.8. The van der Waals surface area contributed by atoms with Gasteiger partial charge in [0.25, 0.3) is 17.5 Å². The van der Waals surface area contributed by atoms with Crippen molar-refractivity contribution in [3.63, 3.8) is 0 Å². The highest BCUT2D eigenvalue weighted by atomic mass is 79.9. The maximum atomic E-state index is 13.7. The molecule has 1 saturated carbocycles. The van der Waals surface area contributed by atoms with Gasteiger partial charge in [-0.25, -0.2) is 8.78 Å². The SMILES string of the molecule is O=C(NC1CCC2(CC1)CN(C(=O)c1ccc(Br)c([N+](=O)[O-])c1)C2)c1cccnc1-c1cc(F)cc(F)c1. The van der Waals surface area contributed by atoms with Gasteiger partial charge in [0.2, 0.25) is 0 Å². The molecule has 11 heteroatoms. The Morgan fingerprint density at radius 3 is 2.42 bits per heavy atom. The Morgan fingerprint density at radius 1 is 1.08 bits per heavy atom. The Hall–Kier alpha value is -3.73. The summed E-state index contributed by atoms with van der Waals surface area (Å²) in [6.07, 6.45) is 4.55. The first-order valence-corrected chi connectivity index (χ1v) is 12.9. The normalized spacial score (nSPS) is 16.7. The van der Waals surface area contributed by atoms with Crippen LogP contribution >= 0.6 is 15.9 Å². The van der Waals surface area contributed by atoms with Gasteiger partial charge < -0.3 is 10.2 Å². The van der Waals surface area contributed by atoms with Crippen LogP contribution in [-0.2, 0) is 0 Å². The van der Waals surface area contributed by atoms with E-state index in [1.807, 2.05) is 0 Å². The summed E-state index contributed by atoms with van der Waals surface area (Å²) in [5.74, 6) is -2.09. The standard InChI is InChI=1S/C27H23BrF2N4O4/c28-22-4-3-16(12-23(22)34(37)38)26(36)33-14-27(15-33)7-5-20(6-8-27)32-25(35)21-2-1-9-31-24(21)17-10-18(29)13-19(30)11-17/h1-4,9-13,20H,5-8,14-15H2,(H,32,35). The van der Waals surface area contributed by atoms with E-state index in [1.165, 1.54) is 18.3 Å². The van der Waals surface area contributed by atoms with E-state index in [2.05, 4.69) is 26.2 Å². The third kappa shape index (κ3) is 5.15. The van der Waals surface area contributed by atoms with E-state index in [9.17, 15) is 28.5 Å². The molecular formula is C27H23BrF2N4O4. The molecular weight excluding hydrogens is 562 g/mol. The Bertz CT molecular complexity index is 1410. The van der Waals surface area contributed by atoms with E-state index in [-0.39, 0.29) is 51.3 Å². The molecule has 5 rings (SSSR count). The van der Waals surface area contributed by atoms with E-state index in [4.69, 9.17) is 0 Å². The lowest BCUT2D eigenvalue weighted by Gasteiger charge is -2.53. The minimum atomic E-state index is -0.749. The number of amides is 2. The van der Waals surface area contributed by atoms with Crippen molar-refractivity contribution >= 4 is 33.4 Å². The number of rotatable bonds is 5. The van der Waals surface area contributed by atoms with Gasteiger partial charge in [-0.05, 0) is 78.0 Å².